The number of amides is 1. The van der Waals surface area contributed by atoms with Gasteiger partial charge in [0.25, 0.3) is 5.91 Å². The van der Waals surface area contributed by atoms with Gasteiger partial charge in [-0.2, -0.15) is 0 Å². The van der Waals surface area contributed by atoms with Gasteiger partial charge < -0.3 is 5.32 Å². The predicted octanol–water partition coefficient (Wildman–Crippen LogP) is 4.90. The highest BCUT2D eigenvalue weighted by Crippen LogP contribution is 2.20. The second-order valence-corrected chi connectivity index (χ2v) is 6.72. The number of nitrogens with one attached hydrogen (secondary N) is 1. The molecule has 0 aliphatic heterocycles. The fourth-order valence-corrected chi connectivity index (χ4v) is 3.36. The third-order valence-corrected chi connectivity index (χ3v) is 3.88. The summed E-state index contributed by atoms with van der Waals surface area (Å²) in [7, 11) is 0. The first-order valence-electron chi connectivity index (χ1n) is 5.53. The van der Waals surface area contributed by atoms with Crippen molar-refractivity contribution in [3.8, 4) is 0 Å². The zero-order chi connectivity index (χ0) is 13.8. The van der Waals surface area contributed by atoms with Crippen molar-refractivity contribution in [2.24, 2.45) is 0 Å². The molecular weight excluding hydrogens is 438 g/mol. The van der Waals surface area contributed by atoms with Crippen LogP contribution in [-0.2, 0) is 6.54 Å². The number of halogens is 3. The smallest absolute Gasteiger partial charge is 0.251 e. The van der Waals surface area contributed by atoms with E-state index in [1.807, 2.05) is 30.3 Å². The van der Waals surface area contributed by atoms with Crippen molar-refractivity contribution in [1.29, 1.82) is 0 Å². The van der Waals surface area contributed by atoms with Crippen LogP contribution in [0.5, 0.6) is 0 Å². The van der Waals surface area contributed by atoms with Crippen molar-refractivity contribution in [3.63, 3.8) is 0 Å². The van der Waals surface area contributed by atoms with E-state index in [-0.39, 0.29) is 5.91 Å². The Morgan fingerprint density at radius 2 is 1.63 bits per heavy atom. The van der Waals surface area contributed by atoms with Crippen molar-refractivity contribution in [2.45, 2.75) is 6.54 Å². The van der Waals surface area contributed by atoms with Gasteiger partial charge in [0.2, 0.25) is 0 Å². The van der Waals surface area contributed by atoms with Crippen LogP contribution in [0.25, 0.3) is 0 Å². The van der Waals surface area contributed by atoms with Crippen molar-refractivity contribution in [2.75, 3.05) is 0 Å². The van der Waals surface area contributed by atoms with Crippen LogP contribution in [0.2, 0.25) is 0 Å². The molecule has 0 aromatic heterocycles. The Balaban J connectivity index is 2.05. The molecule has 1 N–H and O–H groups in total. The van der Waals surface area contributed by atoms with Gasteiger partial charge in [-0.1, -0.05) is 59.9 Å². The molecule has 0 saturated heterocycles. The van der Waals surface area contributed by atoms with Gasteiger partial charge in [-0.05, 0) is 35.9 Å². The summed E-state index contributed by atoms with van der Waals surface area (Å²) in [5.74, 6) is -0.0954. The fourth-order valence-electron chi connectivity index (χ4n) is 1.62. The molecule has 19 heavy (non-hydrogen) atoms. The molecule has 5 heteroatoms. The summed E-state index contributed by atoms with van der Waals surface area (Å²) >= 11 is 10.1. The molecule has 0 aliphatic rings. The van der Waals surface area contributed by atoms with E-state index in [1.54, 1.807) is 12.1 Å². The first-order chi connectivity index (χ1) is 9.04. The standard InChI is InChI=1S/C14H10Br3NO/c15-11-3-1-2-9(4-11)8-18-14(19)10-5-12(16)7-13(17)6-10/h1-7H,8H2,(H,18,19). The highest BCUT2D eigenvalue weighted by Gasteiger charge is 2.07. The van der Waals surface area contributed by atoms with Crippen LogP contribution >= 0.6 is 47.8 Å². The summed E-state index contributed by atoms with van der Waals surface area (Å²) < 4.78 is 2.74. The fraction of sp³-hybridized carbons (Fsp3) is 0.0714. The number of carbonyl (C=O) groups is 1. The van der Waals surface area contributed by atoms with E-state index in [1.165, 1.54) is 0 Å². The summed E-state index contributed by atoms with van der Waals surface area (Å²) in [4.78, 5) is 12.0. The van der Waals surface area contributed by atoms with Gasteiger partial charge in [0.05, 0.1) is 0 Å². The van der Waals surface area contributed by atoms with Crippen LogP contribution in [0.3, 0.4) is 0 Å². The number of carbonyl (C=O) groups excluding carboxylic acids is 1. The number of rotatable bonds is 3. The molecule has 2 aromatic carbocycles. The largest absolute Gasteiger partial charge is 0.348 e. The van der Waals surface area contributed by atoms with Crippen LogP contribution in [0.15, 0.2) is 55.9 Å². The third-order valence-electron chi connectivity index (χ3n) is 2.47. The van der Waals surface area contributed by atoms with E-state index in [9.17, 15) is 4.79 Å². The molecule has 0 heterocycles. The second-order valence-electron chi connectivity index (χ2n) is 3.97. The van der Waals surface area contributed by atoms with Crippen molar-refractivity contribution in [1.82, 2.24) is 5.32 Å². The van der Waals surface area contributed by atoms with Crippen LogP contribution in [0.4, 0.5) is 0 Å². The van der Waals surface area contributed by atoms with Crippen molar-refractivity contribution < 1.29 is 4.79 Å². The molecule has 2 nitrogen and oxygen atoms in total. The van der Waals surface area contributed by atoms with Gasteiger partial charge in [0.15, 0.2) is 0 Å². The zero-order valence-corrected chi connectivity index (χ0v) is 14.5. The average molecular weight is 448 g/mol. The van der Waals surface area contributed by atoms with Gasteiger partial charge in [-0.15, -0.1) is 0 Å². The Labute approximate surface area is 137 Å². The molecule has 0 radical (unpaired) electrons. The molecule has 0 bridgehead atoms. The minimum absolute atomic E-state index is 0.0954. The Kier molecular flexibility index (Phi) is 5.19. The lowest BCUT2D eigenvalue weighted by atomic mass is 10.2. The lowest BCUT2D eigenvalue weighted by molar-refractivity contribution is 0.0951. The molecule has 0 saturated carbocycles. The lowest BCUT2D eigenvalue weighted by Crippen LogP contribution is -2.22. The summed E-state index contributed by atoms with van der Waals surface area (Å²) in [5, 5.41) is 2.90. The molecule has 0 fully saturated rings. The topological polar surface area (TPSA) is 29.1 Å². The Morgan fingerprint density at radius 1 is 0.947 bits per heavy atom. The van der Waals surface area contributed by atoms with E-state index < -0.39 is 0 Å². The molecule has 1 amide bonds. The summed E-state index contributed by atoms with van der Waals surface area (Å²) in [6.45, 7) is 0.502. The van der Waals surface area contributed by atoms with Gasteiger partial charge in [-0.3, -0.25) is 4.79 Å². The van der Waals surface area contributed by atoms with Gasteiger partial charge in [0.1, 0.15) is 0 Å². The molecule has 2 aromatic rings. The molecular formula is C14H10Br3NO. The monoisotopic (exact) mass is 445 g/mol. The van der Waals surface area contributed by atoms with Crippen LogP contribution < -0.4 is 5.32 Å². The minimum atomic E-state index is -0.0954. The number of hydrogen-bond acceptors (Lipinski definition) is 1. The average Bonchev–Trinajstić information content (AvgIpc) is 2.35. The first-order valence-corrected chi connectivity index (χ1v) is 7.91. The predicted molar refractivity (Wildman–Crippen MR) is 87.2 cm³/mol. The van der Waals surface area contributed by atoms with Crippen molar-refractivity contribution >= 4 is 53.7 Å². The van der Waals surface area contributed by atoms with Gasteiger partial charge in [-0.25, -0.2) is 0 Å². The number of benzene rings is 2. The zero-order valence-electron chi connectivity index (χ0n) is 9.79. The normalized spacial score (nSPS) is 10.3. The molecule has 98 valence electrons. The Morgan fingerprint density at radius 3 is 2.26 bits per heavy atom. The summed E-state index contributed by atoms with van der Waals surface area (Å²) in [6.07, 6.45) is 0. The molecule has 0 atom stereocenters. The van der Waals surface area contributed by atoms with Crippen LogP contribution in [0.1, 0.15) is 15.9 Å². The maximum absolute atomic E-state index is 12.0. The van der Waals surface area contributed by atoms with Gasteiger partial charge >= 0.3 is 0 Å². The molecule has 0 aliphatic carbocycles. The van der Waals surface area contributed by atoms with Crippen LogP contribution in [-0.4, -0.2) is 5.91 Å². The summed E-state index contributed by atoms with van der Waals surface area (Å²) in [5.41, 5.74) is 1.67. The highest BCUT2D eigenvalue weighted by atomic mass is 79.9. The van der Waals surface area contributed by atoms with E-state index in [4.69, 9.17) is 0 Å². The maximum atomic E-state index is 12.0. The van der Waals surface area contributed by atoms with Crippen LogP contribution in [0, 0.1) is 0 Å². The Hall–Kier alpha value is -0.650. The second kappa shape index (κ2) is 6.68. The molecule has 0 unspecified atom stereocenters. The van der Waals surface area contributed by atoms with E-state index in [2.05, 4.69) is 53.1 Å². The lowest BCUT2D eigenvalue weighted by Gasteiger charge is -2.07. The first kappa shape index (κ1) is 14.8. The van der Waals surface area contributed by atoms with Gasteiger partial charge in [0, 0.05) is 25.5 Å². The third kappa shape index (κ3) is 4.44. The van der Waals surface area contributed by atoms with E-state index in [0.29, 0.717) is 12.1 Å². The van der Waals surface area contributed by atoms with E-state index >= 15 is 0 Å². The summed E-state index contributed by atoms with van der Waals surface area (Å²) in [6, 6.07) is 13.3. The number of hydrogen-bond donors (Lipinski definition) is 1. The minimum Gasteiger partial charge on any atom is -0.348 e. The SMILES string of the molecule is O=C(NCc1cccc(Br)c1)c1cc(Br)cc(Br)c1. The highest BCUT2D eigenvalue weighted by molar-refractivity contribution is 9.11. The van der Waals surface area contributed by atoms with Crippen molar-refractivity contribution in [3.05, 3.63) is 67.0 Å². The molecule has 2 rings (SSSR count). The Bertz CT molecular complexity index is 593. The quantitative estimate of drug-likeness (QED) is 0.712. The molecule has 0 spiro atoms. The van der Waals surface area contributed by atoms with E-state index in [0.717, 1.165) is 19.0 Å². The maximum Gasteiger partial charge on any atom is 0.251 e.